The van der Waals surface area contributed by atoms with Gasteiger partial charge in [-0.25, -0.2) is 4.98 Å². The van der Waals surface area contributed by atoms with E-state index in [1.807, 2.05) is 31.2 Å². The lowest BCUT2D eigenvalue weighted by molar-refractivity contribution is 0.318. The number of nitrogens with zero attached hydrogens (tertiary/aromatic N) is 2. The predicted octanol–water partition coefficient (Wildman–Crippen LogP) is 2.87. The van der Waals surface area contributed by atoms with E-state index < -0.39 is 0 Å². The number of nitrogens with two attached hydrogens (primary N) is 1. The van der Waals surface area contributed by atoms with E-state index in [9.17, 15) is 0 Å². The summed E-state index contributed by atoms with van der Waals surface area (Å²) in [6, 6.07) is 7.92. The van der Waals surface area contributed by atoms with Gasteiger partial charge in [0, 0.05) is 12.3 Å². The van der Waals surface area contributed by atoms with Gasteiger partial charge in [-0.3, -0.25) is 0 Å². The Morgan fingerprint density at radius 1 is 1.42 bits per heavy atom. The van der Waals surface area contributed by atoms with Crippen molar-refractivity contribution in [3.63, 3.8) is 0 Å². The molecule has 1 heterocycles. The average molecular weight is 295 g/mol. The van der Waals surface area contributed by atoms with Crippen molar-refractivity contribution in [3.05, 3.63) is 35.7 Å². The Morgan fingerprint density at radius 3 is 3.05 bits per heavy atom. The fourth-order valence-corrected chi connectivity index (χ4v) is 3.14. The van der Waals surface area contributed by atoms with Gasteiger partial charge < -0.3 is 10.5 Å². The van der Waals surface area contributed by atoms with Crippen LogP contribution in [0.5, 0.6) is 5.75 Å². The van der Waals surface area contributed by atoms with E-state index in [0.717, 1.165) is 33.7 Å². The van der Waals surface area contributed by atoms with Gasteiger partial charge in [-0.05, 0) is 42.6 Å². The van der Waals surface area contributed by atoms with E-state index in [1.54, 1.807) is 11.8 Å². The lowest BCUT2D eigenvalue weighted by Gasteiger charge is -2.06. The highest BCUT2D eigenvalue weighted by molar-refractivity contribution is 8.00. The summed E-state index contributed by atoms with van der Waals surface area (Å²) in [4.78, 5) is 4.30. The highest BCUT2D eigenvalue weighted by atomic mass is 32.2. The lowest BCUT2D eigenvalue weighted by Crippen LogP contribution is -2.00. The minimum absolute atomic E-state index is 0.545. The average Bonchev–Trinajstić information content (AvgIpc) is 2.84. The standard InChI is InChI=1S/C13H17N3OS2/c1-10-15-13(19-16-10)18-7-3-6-17-12-5-2-4-11(8-12)9-14/h2,4-5,8H,3,6-7,9,14H2,1H3. The van der Waals surface area contributed by atoms with Crippen molar-refractivity contribution in [2.45, 2.75) is 24.2 Å². The van der Waals surface area contributed by atoms with Crippen LogP contribution in [0.2, 0.25) is 0 Å². The molecular weight excluding hydrogens is 278 g/mol. The van der Waals surface area contributed by atoms with Crippen LogP contribution >= 0.6 is 23.3 Å². The van der Waals surface area contributed by atoms with Gasteiger partial charge in [-0.2, -0.15) is 4.37 Å². The molecule has 1 aromatic heterocycles. The van der Waals surface area contributed by atoms with E-state index in [2.05, 4.69) is 9.36 Å². The first-order valence-electron chi connectivity index (χ1n) is 6.13. The summed E-state index contributed by atoms with van der Waals surface area (Å²) >= 11 is 3.18. The maximum absolute atomic E-state index is 5.69. The fraction of sp³-hybridized carbons (Fsp3) is 0.385. The highest BCUT2D eigenvalue weighted by Crippen LogP contribution is 2.20. The molecule has 0 unspecified atom stereocenters. The molecule has 0 saturated heterocycles. The van der Waals surface area contributed by atoms with Crippen molar-refractivity contribution < 1.29 is 4.74 Å². The zero-order valence-corrected chi connectivity index (χ0v) is 12.5. The van der Waals surface area contributed by atoms with Gasteiger partial charge in [0.2, 0.25) is 0 Å². The maximum atomic E-state index is 5.69. The molecular formula is C13H17N3OS2. The second kappa shape index (κ2) is 7.47. The minimum Gasteiger partial charge on any atom is -0.494 e. The molecule has 0 aliphatic heterocycles. The smallest absolute Gasteiger partial charge is 0.170 e. The number of rotatable bonds is 7. The van der Waals surface area contributed by atoms with Crippen LogP contribution in [0.15, 0.2) is 28.6 Å². The minimum atomic E-state index is 0.545. The largest absolute Gasteiger partial charge is 0.494 e. The topological polar surface area (TPSA) is 61.0 Å². The van der Waals surface area contributed by atoms with Crippen LogP contribution in [0.25, 0.3) is 0 Å². The first-order valence-corrected chi connectivity index (χ1v) is 7.89. The van der Waals surface area contributed by atoms with Gasteiger partial charge in [-0.1, -0.05) is 23.9 Å². The van der Waals surface area contributed by atoms with Crippen LogP contribution in [-0.2, 0) is 6.54 Å². The molecule has 0 aliphatic rings. The molecule has 2 aromatic rings. The second-order valence-electron chi connectivity index (χ2n) is 4.01. The maximum Gasteiger partial charge on any atom is 0.170 e. The van der Waals surface area contributed by atoms with Gasteiger partial charge in [0.15, 0.2) is 4.34 Å². The third kappa shape index (κ3) is 4.81. The van der Waals surface area contributed by atoms with Crippen LogP contribution in [0, 0.1) is 6.92 Å². The number of aryl methyl sites for hydroxylation is 1. The number of thioether (sulfide) groups is 1. The molecule has 0 atom stereocenters. The second-order valence-corrected chi connectivity index (χ2v) is 6.10. The van der Waals surface area contributed by atoms with Crippen LogP contribution in [-0.4, -0.2) is 21.7 Å². The van der Waals surface area contributed by atoms with Crippen molar-refractivity contribution in [2.75, 3.05) is 12.4 Å². The first kappa shape index (κ1) is 14.3. The zero-order chi connectivity index (χ0) is 13.5. The van der Waals surface area contributed by atoms with Gasteiger partial charge in [0.05, 0.1) is 6.61 Å². The normalized spacial score (nSPS) is 10.6. The first-order chi connectivity index (χ1) is 9.28. The van der Waals surface area contributed by atoms with Gasteiger partial charge >= 0.3 is 0 Å². The Balaban J connectivity index is 1.66. The summed E-state index contributed by atoms with van der Waals surface area (Å²) in [7, 11) is 0. The molecule has 0 saturated carbocycles. The SMILES string of the molecule is Cc1nsc(SCCCOc2cccc(CN)c2)n1. The fourth-order valence-electron chi connectivity index (χ4n) is 1.51. The Hall–Kier alpha value is -1.11. The molecule has 2 N–H and O–H groups in total. The van der Waals surface area contributed by atoms with Crippen LogP contribution < -0.4 is 10.5 Å². The van der Waals surface area contributed by atoms with E-state index in [1.165, 1.54) is 11.5 Å². The van der Waals surface area contributed by atoms with Crippen LogP contribution in [0.4, 0.5) is 0 Å². The Morgan fingerprint density at radius 2 is 2.32 bits per heavy atom. The highest BCUT2D eigenvalue weighted by Gasteiger charge is 2.01. The molecule has 6 heteroatoms. The van der Waals surface area contributed by atoms with E-state index in [0.29, 0.717) is 13.2 Å². The molecule has 2 rings (SSSR count). The summed E-state index contributed by atoms with van der Waals surface area (Å²) in [5.41, 5.74) is 6.68. The van der Waals surface area contributed by atoms with Crippen molar-refractivity contribution in [2.24, 2.45) is 5.73 Å². The number of hydrogen-bond donors (Lipinski definition) is 1. The number of aromatic nitrogens is 2. The van der Waals surface area contributed by atoms with E-state index in [-0.39, 0.29) is 0 Å². The van der Waals surface area contributed by atoms with Crippen molar-refractivity contribution in [1.29, 1.82) is 0 Å². The molecule has 0 bridgehead atoms. The molecule has 0 amide bonds. The molecule has 19 heavy (non-hydrogen) atoms. The molecule has 0 radical (unpaired) electrons. The molecule has 1 aromatic carbocycles. The van der Waals surface area contributed by atoms with Gasteiger partial charge in [0.1, 0.15) is 11.6 Å². The van der Waals surface area contributed by atoms with Crippen molar-refractivity contribution in [3.8, 4) is 5.75 Å². The van der Waals surface area contributed by atoms with Gasteiger partial charge in [-0.15, -0.1) is 0 Å². The molecule has 0 aliphatic carbocycles. The summed E-state index contributed by atoms with van der Waals surface area (Å²) in [5, 5.41) is 0. The molecule has 0 fully saturated rings. The quantitative estimate of drug-likeness (QED) is 0.628. The lowest BCUT2D eigenvalue weighted by atomic mass is 10.2. The van der Waals surface area contributed by atoms with Crippen LogP contribution in [0.1, 0.15) is 17.8 Å². The molecule has 4 nitrogen and oxygen atoms in total. The Bertz CT molecular complexity index is 516. The van der Waals surface area contributed by atoms with Crippen LogP contribution in [0.3, 0.4) is 0 Å². The Kier molecular flexibility index (Phi) is 5.62. The van der Waals surface area contributed by atoms with E-state index >= 15 is 0 Å². The summed E-state index contributed by atoms with van der Waals surface area (Å²) < 4.78 is 10.9. The zero-order valence-electron chi connectivity index (χ0n) is 10.8. The number of hydrogen-bond acceptors (Lipinski definition) is 6. The van der Waals surface area contributed by atoms with Crippen molar-refractivity contribution in [1.82, 2.24) is 9.36 Å². The number of benzene rings is 1. The summed E-state index contributed by atoms with van der Waals surface area (Å²) in [5.74, 6) is 2.73. The van der Waals surface area contributed by atoms with Crippen molar-refractivity contribution >= 4 is 23.3 Å². The monoisotopic (exact) mass is 295 g/mol. The third-order valence-corrected chi connectivity index (χ3v) is 4.44. The van der Waals surface area contributed by atoms with E-state index in [4.69, 9.17) is 10.5 Å². The molecule has 0 spiro atoms. The number of ether oxygens (including phenoxy) is 1. The third-order valence-electron chi connectivity index (χ3n) is 2.43. The summed E-state index contributed by atoms with van der Waals surface area (Å²) in [6.07, 6.45) is 0.982. The Labute approximate surface area is 121 Å². The molecule has 102 valence electrons. The predicted molar refractivity (Wildman–Crippen MR) is 79.8 cm³/mol. The van der Waals surface area contributed by atoms with Gasteiger partial charge in [0.25, 0.3) is 0 Å². The summed E-state index contributed by atoms with van der Waals surface area (Å²) in [6.45, 7) is 3.16.